The van der Waals surface area contributed by atoms with Crippen molar-refractivity contribution in [2.75, 3.05) is 6.61 Å². The van der Waals surface area contributed by atoms with Crippen LogP contribution in [0.4, 0.5) is 0 Å². The molecule has 14 heavy (non-hydrogen) atoms. The molecule has 74 valence electrons. The van der Waals surface area contributed by atoms with Crippen molar-refractivity contribution in [2.45, 2.75) is 6.42 Å². The molecule has 2 heterocycles. The van der Waals surface area contributed by atoms with Crippen LogP contribution in [0.15, 0.2) is 26.6 Å². The molecule has 0 aromatic carbocycles. The number of nitrogens with zero attached hydrogens (tertiary/aromatic N) is 1. The second-order valence-electron chi connectivity index (χ2n) is 2.72. The van der Waals surface area contributed by atoms with Crippen molar-refractivity contribution < 1.29 is 9.52 Å². The van der Waals surface area contributed by atoms with E-state index in [1.54, 1.807) is 0 Å². The van der Waals surface area contributed by atoms with Crippen molar-refractivity contribution in [3.63, 3.8) is 0 Å². The van der Waals surface area contributed by atoms with E-state index in [9.17, 15) is 0 Å². The Hall–Kier alpha value is -0.650. The molecule has 0 amide bonds. The van der Waals surface area contributed by atoms with Crippen LogP contribution in [0.25, 0.3) is 10.8 Å². The van der Waals surface area contributed by atoms with E-state index in [4.69, 9.17) is 9.52 Å². The Morgan fingerprint density at radius 1 is 1.50 bits per heavy atom. The van der Waals surface area contributed by atoms with Gasteiger partial charge < -0.3 is 9.52 Å². The third-order valence-corrected chi connectivity index (χ3v) is 3.04. The van der Waals surface area contributed by atoms with E-state index >= 15 is 0 Å². The molecule has 0 radical (unpaired) electrons. The van der Waals surface area contributed by atoms with Crippen molar-refractivity contribution in [1.29, 1.82) is 0 Å². The van der Waals surface area contributed by atoms with Gasteiger partial charge in [-0.15, -0.1) is 11.3 Å². The number of thiazole rings is 1. The molecule has 0 saturated carbocycles. The fourth-order valence-corrected chi connectivity index (χ4v) is 2.20. The lowest BCUT2D eigenvalue weighted by molar-refractivity contribution is 0.298. The Morgan fingerprint density at radius 2 is 2.36 bits per heavy atom. The normalized spacial score (nSPS) is 10.7. The summed E-state index contributed by atoms with van der Waals surface area (Å²) in [5.74, 6) is 0.756. The summed E-state index contributed by atoms with van der Waals surface area (Å²) in [6.45, 7) is 0.130. The van der Waals surface area contributed by atoms with Crippen LogP contribution in [-0.2, 0) is 6.42 Å². The zero-order valence-electron chi connectivity index (χ0n) is 7.24. The van der Waals surface area contributed by atoms with Gasteiger partial charge in [0.15, 0.2) is 15.4 Å². The summed E-state index contributed by atoms with van der Waals surface area (Å²) in [6, 6.07) is 3.70. The molecule has 0 unspecified atom stereocenters. The quantitative estimate of drug-likeness (QED) is 0.936. The highest BCUT2D eigenvalue weighted by atomic mass is 79.9. The van der Waals surface area contributed by atoms with Crippen molar-refractivity contribution in [2.24, 2.45) is 0 Å². The lowest BCUT2D eigenvalue weighted by atomic mass is 10.3. The number of hydrogen-bond donors (Lipinski definition) is 1. The van der Waals surface area contributed by atoms with Gasteiger partial charge in [-0.3, -0.25) is 0 Å². The molecule has 3 nitrogen and oxygen atoms in total. The summed E-state index contributed by atoms with van der Waals surface area (Å²) in [4.78, 5) is 4.33. The Balaban J connectivity index is 2.24. The first-order chi connectivity index (χ1) is 6.79. The predicted molar refractivity (Wildman–Crippen MR) is 58.3 cm³/mol. The highest BCUT2D eigenvalue weighted by molar-refractivity contribution is 9.10. The Labute approximate surface area is 93.5 Å². The van der Waals surface area contributed by atoms with Crippen LogP contribution in [-0.4, -0.2) is 16.7 Å². The number of hydrogen-bond acceptors (Lipinski definition) is 4. The van der Waals surface area contributed by atoms with Gasteiger partial charge in [0.1, 0.15) is 0 Å². The Bertz CT molecular complexity index is 424. The van der Waals surface area contributed by atoms with Gasteiger partial charge in [0, 0.05) is 18.4 Å². The lowest BCUT2D eigenvalue weighted by Gasteiger charge is -1.89. The van der Waals surface area contributed by atoms with Gasteiger partial charge in [0.25, 0.3) is 0 Å². The summed E-state index contributed by atoms with van der Waals surface area (Å²) in [5.41, 5.74) is 0.903. The molecule has 0 aliphatic carbocycles. The highest BCUT2D eigenvalue weighted by Gasteiger charge is 2.07. The van der Waals surface area contributed by atoms with Crippen LogP contribution in [0.5, 0.6) is 0 Å². The third-order valence-electron chi connectivity index (χ3n) is 1.70. The number of furan rings is 1. The second kappa shape index (κ2) is 4.25. The van der Waals surface area contributed by atoms with Gasteiger partial charge in [-0.1, -0.05) is 0 Å². The Kier molecular flexibility index (Phi) is 3.00. The first-order valence-corrected chi connectivity index (χ1v) is 5.78. The Morgan fingerprint density at radius 3 is 3.00 bits per heavy atom. The average Bonchev–Trinajstić information content (AvgIpc) is 2.74. The molecule has 0 atom stereocenters. The molecule has 0 fully saturated rings. The van der Waals surface area contributed by atoms with Crippen LogP contribution < -0.4 is 0 Å². The number of aromatic nitrogens is 1. The largest absolute Gasteiger partial charge is 0.447 e. The maximum Gasteiger partial charge on any atom is 0.170 e. The molecule has 0 spiro atoms. The molecule has 1 N–H and O–H groups in total. The van der Waals surface area contributed by atoms with E-state index in [0.29, 0.717) is 11.1 Å². The van der Waals surface area contributed by atoms with E-state index in [2.05, 4.69) is 20.9 Å². The highest BCUT2D eigenvalue weighted by Crippen LogP contribution is 2.27. The van der Waals surface area contributed by atoms with Crippen LogP contribution in [0.3, 0.4) is 0 Å². The lowest BCUT2D eigenvalue weighted by Crippen LogP contribution is -1.89. The zero-order chi connectivity index (χ0) is 9.97. The van der Waals surface area contributed by atoms with Gasteiger partial charge in [0.2, 0.25) is 0 Å². The van der Waals surface area contributed by atoms with E-state index in [0.717, 1.165) is 16.5 Å². The van der Waals surface area contributed by atoms with Gasteiger partial charge in [-0.2, -0.15) is 0 Å². The molecule has 0 aliphatic heterocycles. The minimum Gasteiger partial charge on any atom is -0.447 e. The SMILES string of the molecule is OCCc1csc(-c2ccc(Br)o2)n1. The van der Waals surface area contributed by atoms with Gasteiger partial charge in [-0.25, -0.2) is 4.98 Å². The van der Waals surface area contributed by atoms with E-state index in [-0.39, 0.29) is 6.61 Å². The van der Waals surface area contributed by atoms with Crippen molar-refractivity contribution in [3.05, 3.63) is 27.9 Å². The number of halogens is 1. The first-order valence-electron chi connectivity index (χ1n) is 4.10. The second-order valence-corrected chi connectivity index (χ2v) is 4.36. The minimum atomic E-state index is 0.130. The minimum absolute atomic E-state index is 0.130. The number of aliphatic hydroxyl groups excluding tert-OH is 1. The monoisotopic (exact) mass is 273 g/mol. The topological polar surface area (TPSA) is 46.3 Å². The fraction of sp³-hybridized carbons (Fsp3) is 0.222. The molecule has 0 aliphatic rings. The third kappa shape index (κ3) is 2.05. The maximum atomic E-state index is 8.74. The summed E-state index contributed by atoms with van der Waals surface area (Å²) in [5, 5.41) is 11.5. The van der Waals surface area contributed by atoms with Crippen LogP contribution in [0, 0.1) is 0 Å². The average molecular weight is 274 g/mol. The van der Waals surface area contributed by atoms with Crippen LogP contribution >= 0.6 is 27.3 Å². The number of rotatable bonds is 3. The van der Waals surface area contributed by atoms with E-state index in [1.807, 2.05) is 17.5 Å². The van der Waals surface area contributed by atoms with Gasteiger partial charge in [-0.05, 0) is 28.1 Å². The van der Waals surface area contributed by atoms with Gasteiger partial charge >= 0.3 is 0 Å². The molecule has 0 bridgehead atoms. The van der Waals surface area contributed by atoms with Gasteiger partial charge in [0.05, 0.1) is 5.69 Å². The maximum absolute atomic E-state index is 8.74. The molecule has 0 saturated heterocycles. The smallest absolute Gasteiger partial charge is 0.170 e. The van der Waals surface area contributed by atoms with Crippen LogP contribution in [0.1, 0.15) is 5.69 Å². The van der Waals surface area contributed by atoms with Crippen molar-refractivity contribution in [1.82, 2.24) is 4.98 Å². The summed E-state index contributed by atoms with van der Waals surface area (Å²) >= 11 is 4.76. The summed E-state index contributed by atoms with van der Waals surface area (Å²) in [7, 11) is 0. The van der Waals surface area contributed by atoms with Crippen molar-refractivity contribution in [3.8, 4) is 10.8 Å². The predicted octanol–water partition coefficient (Wildman–Crippen LogP) is 2.70. The van der Waals surface area contributed by atoms with Crippen LogP contribution in [0.2, 0.25) is 0 Å². The number of aliphatic hydroxyl groups is 1. The summed E-state index contributed by atoms with van der Waals surface area (Å²) in [6.07, 6.45) is 0.596. The van der Waals surface area contributed by atoms with E-state index in [1.165, 1.54) is 11.3 Å². The van der Waals surface area contributed by atoms with E-state index < -0.39 is 0 Å². The molecule has 2 rings (SSSR count). The molecule has 2 aromatic rings. The molecule has 5 heteroatoms. The fourth-order valence-electron chi connectivity index (χ4n) is 1.08. The summed E-state index contributed by atoms with van der Waals surface area (Å²) < 4.78 is 6.06. The molecule has 2 aromatic heterocycles. The standard InChI is InChI=1S/C9H8BrNO2S/c10-8-2-1-7(13-8)9-11-6(3-4-12)5-14-9/h1-2,5,12H,3-4H2. The zero-order valence-corrected chi connectivity index (χ0v) is 9.64. The first kappa shape index (κ1) is 9.89. The molecular formula is C9H8BrNO2S. The molecular weight excluding hydrogens is 266 g/mol. The van der Waals surface area contributed by atoms with Crippen molar-refractivity contribution >= 4 is 27.3 Å².